The maximum atomic E-state index is 8.97. The highest BCUT2D eigenvalue weighted by molar-refractivity contribution is 5.32. The number of nitrogens with zero attached hydrogens (tertiary/aromatic N) is 3. The Hall–Kier alpha value is -1.37. The molecular weight excluding hydrogens is 234 g/mol. The molecule has 1 aromatic carbocycles. The van der Waals surface area contributed by atoms with Gasteiger partial charge in [0.05, 0.1) is 11.6 Å². The minimum Gasteiger partial charge on any atom is -0.298 e. The summed E-state index contributed by atoms with van der Waals surface area (Å²) in [5.41, 5.74) is 2.03. The molecule has 0 aliphatic carbocycles. The summed E-state index contributed by atoms with van der Waals surface area (Å²) in [5, 5.41) is 8.97. The molecule has 2 fully saturated rings. The van der Waals surface area contributed by atoms with Crippen LogP contribution in [0.25, 0.3) is 0 Å². The van der Waals surface area contributed by atoms with E-state index >= 15 is 0 Å². The molecule has 0 N–H and O–H groups in total. The number of piperazine rings is 1. The zero-order valence-corrected chi connectivity index (χ0v) is 11.5. The van der Waals surface area contributed by atoms with E-state index in [1.54, 1.807) is 0 Å². The molecule has 100 valence electrons. The fourth-order valence-electron chi connectivity index (χ4n) is 3.44. The third-order valence-corrected chi connectivity index (χ3v) is 4.51. The quantitative estimate of drug-likeness (QED) is 0.812. The fourth-order valence-corrected chi connectivity index (χ4v) is 3.44. The van der Waals surface area contributed by atoms with E-state index in [4.69, 9.17) is 5.26 Å². The van der Waals surface area contributed by atoms with Gasteiger partial charge in [0.25, 0.3) is 0 Å². The predicted octanol–water partition coefficient (Wildman–Crippen LogP) is 2.23. The van der Waals surface area contributed by atoms with Gasteiger partial charge in [-0.2, -0.15) is 5.26 Å². The fraction of sp³-hybridized carbons (Fsp3) is 0.562. The maximum Gasteiger partial charge on any atom is 0.0991 e. The SMILES string of the molecule is CC1CN2CCCC2CN1Cc1cccc(C#N)c1. The van der Waals surface area contributed by atoms with Crippen molar-refractivity contribution in [1.29, 1.82) is 5.26 Å². The van der Waals surface area contributed by atoms with E-state index < -0.39 is 0 Å². The summed E-state index contributed by atoms with van der Waals surface area (Å²) < 4.78 is 0. The minimum atomic E-state index is 0.611. The molecule has 19 heavy (non-hydrogen) atoms. The number of hydrogen-bond donors (Lipinski definition) is 0. The Kier molecular flexibility index (Phi) is 3.54. The third-order valence-electron chi connectivity index (χ3n) is 4.51. The minimum absolute atomic E-state index is 0.611. The Morgan fingerprint density at radius 1 is 1.37 bits per heavy atom. The van der Waals surface area contributed by atoms with E-state index in [9.17, 15) is 0 Å². The van der Waals surface area contributed by atoms with Crippen LogP contribution in [0.4, 0.5) is 0 Å². The molecule has 2 aliphatic heterocycles. The Bertz CT molecular complexity index is 491. The lowest BCUT2D eigenvalue weighted by molar-refractivity contribution is 0.0540. The van der Waals surface area contributed by atoms with E-state index in [0.717, 1.165) is 18.2 Å². The molecule has 3 heteroatoms. The van der Waals surface area contributed by atoms with Crippen molar-refractivity contribution in [2.45, 2.75) is 38.4 Å². The summed E-state index contributed by atoms with van der Waals surface area (Å²) in [5.74, 6) is 0. The van der Waals surface area contributed by atoms with Crippen LogP contribution in [-0.4, -0.2) is 41.5 Å². The van der Waals surface area contributed by atoms with Crippen LogP contribution >= 0.6 is 0 Å². The number of hydrogen-bond acceptors (Lipinski definition) is 3. The van der Waals surface area contributed by atoms with Crippen LogP contribution in [0.2, 0.25) is 0 Å². The van der Waals surface area contributed by atoms with Gasteiger partial charge in [0.2, 0.25) is 0 Å². The van der Waals surface area contributed by atoms with Gasteiger partial charge in [0.15, 0.2) is 0 Å². The van der Waals surface area contributed by atoms with Gasteiger partial charge in [-0.05, 0) is 44.0 Å². The molecule has 2 saturated heterocycles. The summed E-state index contributed by atoms with van der Waals surface area (Å²) in [6, 6.07) is 11.6. The lowest BCUT2D eigenvalue weighted by Crippen LogP contribution is -2.54. The molecule has 0 spiro atoms. The molecule has 3 rings (SSSR count). The van der Waals surface area contributed by atoms with Crippen LogP contribution in [0.15, 0.2) is 24.3 Å². The molecule has 2 heterocycles. The van der Waals surface area contributed by atoms with Crippen molar-refractivity contribution in [3.63, 3.8) is 0 Å². The normalized spacial score (nSPS) is 28.0. The van der Waals surface area contributed by atoms with Gasteiger partial charge in [0, 0.05) is 31.7 Å². The first-order chi connectivity index (χ1) is 9.26. The van der Waals surface area contributed by atoms with Crippen LogP contribution in [0.5, 0.6) is 0 Å². The molecule has 2 aliphatic rings. The van der Waals surface area contributed by atoms with Gasteiger partial charge < -0.3 is 0 Å². The standard InChI is InChI=1S/C16H21N3/c1-13-10-18-7-3-6-16(18)12-19(13)11-15-5-2-4-14(8-15)9-17/h2,4-5,8,13,16H,3,6-7,10-12H2,1H3. The van der Waals surface area contributed by atoms with Crippen molar-refractivity contribution in [3.8, 4) is 6.07 Å². The van der Waals surface area contributed by atoms with E-state index in [1.807, 2.05) is 18.2 Å². The van der Waals surface area contributed by atoms with Crippen molar-refractivity contribution < 1.29 is 0 Å². The first kappa shape index (κ1) is 12.7. The van der Waals surface area contributed by atoms with Crippen LogP contribution in [-0.2, 0) is 6.54 Å². The van der Waals surface area contributed by atoms with E-state index in [1.165, 1.54) is 38.0 Å². The second kappa shape index (κ2) is 5.32. The van der Waals surface area contributed by atoms with Gasteiger partial charge in [-0.15, -0.1) is 0 Å². The Morgan fingerprint density at radius 2 is 2.26 bits per heavy atom. The van der Waals surface area contributed by atoms with E-state index in [0.29, 0.717) is 6.04 Å². The topological polar surface area (TPSA) is 30.3 Å². The number of nitriles is 1. The zero-order valence-electron chi connectivity index (χ0n) is 11.5. The molecule has 0 amide bonds. The first-order valence-electron chi connectivity index (χ1n) is 7.23. The highest BCUT2D eigenvalue weighted by Crippen LogP contribution is 2.25. The Balaban J connectivity index is 1.70. The number of rotatable bonds is 2. The molecule has 0 radical (unpaired) electrons. The highest BCUT2D eigenvalue weighted by atomic mass is 15.3. The van der Waals surface area contributed by atoms with Crippen LogP contribution < -0.4 is 0 Å². The van der Waals surface area contributed by atoms with Crippen molar-refractivity contribution in [2.24, 2.45) is 0 Å². The van der Waals surface area contributed by atoms with Crippen molar-refractivity contribution in [2.75, 3.05) is 19.6 Å². The van der Waals surface area contributed by atoms with Gasteiger partial charge in [-0.25, -0.2) is 0 Å². The maximum absolute atomic E-state index is 8.97. The average Bonchev–Trinajstić information content (AvgIpc) is 2.86. The molecule has 0 bridgehead atoms. The molecule has 3 nitrogen and oxygen atoms in total. The molecule has 2 unspecified atom stereocenters. The Labute approximate surface area is 115 Å². The van der Waals surface area contributed by atoms with Crippen molar-refractivity contribution >= 4 is 0 Å². The molecule has 1 aromatic rings. The molecule has 2 atom stereocenters. The van der Waals surface area contributed by atoms with E-state index in [-0.39, 0.29) is 0 Å². The summed E-state index contributed by atoms with van der Waals surface area (Å²) >= 11 is 0. The Morgan fingerprint density at radius 3 is 3.11 bits per heavy atom. The highest BCUT2D eigenvalue weighted by Gasteiger charge is 2.34. The van der Waals surface area contributed by atoms with Gasteiger partial charge in [-0.3, -0.25) is 9.80 Å². The van der Waals surface area contributed by atoms with E-state index in [2.05, 4.69) is 28.9 Å². The summed E-state index contributed by atoms with van der Waals surface area (Å²) in [6.45, 7) is 6.96. The molecule has 0 aromatic heterocycles. The first-order valence-corrected chi connectivity index (χ1v) is 7.23. The van der Waals surface area contributed by atoms with Gasteiger partial charge in [-0.1, -0.05) is 12.1 Å². The molecule has 0 saturated carbocycles. The largest absolute Gasteiger partial charge is 0.298 e. The van der Waals surface area contributed by atoms with Crippen molar-refractivity contribution in [3.05, 3.63) is 35.4 Å². The predicted molar refractivity (Wildman–Crippen MR) is 75.6 cm³/mol. The summed E-state index contributed by atoms with van der Waals surface area (Å²) in [7, 11) is 0. The third kappa shape index (κ3) is 2.65. The zero-order chi connectivity index (χ0) is 13.2. The lowest BCUT2D eigenvalue weighted by Gasteiger charge is -2.42. The summed E-state index contributed by atoms with van der Waals surface area (Å²) in [6.07, 6.45) is 2.70. The van der Waals surface area contributed by atoms with Gasteiger partial charge in [0.1, 0.15) is 0 Å². The number of fused-ring (bicyclic) bond motifs is 1. The second-order valence-corrected chi connectivity index (χ2v) is 5.88. The second-order valence-electron chi connectivity index (χ2n) is 5.88. The smallest absolute Gasteiger partial charge is 0.0991 e. The summed E-state index contributed by atoms with van der Waals surface area (Å²) in [4.78, 5) is 5.22. The number of benzene rings is 1. The monoisotopic (exact) mass is 255 g/mol. The van der Waals surface area contributed by atoms with Crippen LogP contribution in [0.3, 0.4) is 0 Å². The van der Waals surface area contributed by atoms with Crippen LogP contribution in [0.1, 0.15) is 30.9 Å². The average molecular weight is 255 g/mol. The van der Waals surface area contributed by atoms with Crippen molar-refractivity contribution in [1.82, 2.24) is 9.80 Å². The lowest BCUT2D eigenvalue weighted by atomic mass is 10.1. The molecular formula is C16H21N3. The van der Waals surface area contributed by atoms with Gasteiger partial charge >= 0.3 is 0 Å². The van der Waals surface area contributed by atoms with Crippen LogP contribution in [0, 0.1) is 11.3 Å².